The third-order valence-corrected chi connectivity index (χ3v) is 12.3. The molecule has 0 aliphatic carbocycles. The number of benzene rings is 6. The summed E-state index contributed by atoms with van der Waals surface area (Å²) in [5, 5.41) is 0. The van der Waals surface area contributed by atoms with Gasteiger partial charge in [0.1, 0.15) is 22.8 Å². The summed E-state index contributed by atoms with van der Waals surface area (Å²) in [4.78, 5) is 0.411. The maximum absolute atomic E-state index is 13.3. The molecule has 0 amide bonds. The molecule has 6 rings (SSSR count). The van der Waals surface area contributed by atoms with E-state index in [1.807, 2.05) is 32.9 Å². The van der Waals surface area contributed by atoms with E-state index in [2.05, 4.69) is 133 Å². The first kappa shape index (κ1) is 39.6. The van der Waals surface area contributed by atoms with Gasteiger partial charge in [-0.15, -0.1) is 0 Å². The van der Waals surface area contributed by atoms with Crippen molar-refractivity contribution in [2.75, 3.05) is 0 Å². The van der Waals surface area contributed by atoms with Crippen LogP contribution in [0.1, 0.15) is 97.1 Å². The Bertz CT molecular complexity index is 2320. The van der Waals surface area contributed by atoms with E-state index in [4.69, 9.17) is 9.47 Å². The Morgan fingerprint density at radius 1 is 0.364 bits per heavy atom. The summed E-state index contributed by atoms with van der Waals surface area (Å²) in [5.74, 6) is 1.86. The van der Waals surface area contributed by atoms with Crippen molar-refractivity contribution in [3.8, 4) is 28.4 Å². The van der Waals surface area contributed by atoms with Crippen LogP contribution < -0.4 is 9.47 Å². The van der Waals surface area contributed by atoms with Crippen LogP contribution in [0, 0.1) is 0 Å². The van der Waals surface area contributed by atoms with Crippen LogP contribution in [0.5, 0.6) is 17.2 Å². The van der Waals surface area contributed by atoms with Crippen LogP contribution in [-0.2, 0) is 26.1 Å². The molecule has 4 nitrogen and oxygen atoms in total. The van der Waals surface area contributed by atoms with E-state index in [1.54, 1.807) is 48.5 Å². The molecule has 0 radical (unpaired) electrons. The molecular weight excluding hydrogens is 697 g/mol. The molecule has 0 aromatic heterocycles. The smallest absolute Gasteiger partial charge is 0.206 e. The highest BCUT2D eigenvalue weighted by atomic mass is 32.2. The van der Waals surface area contributed by atoms with E-state index in [9.17, 15) is 8.42 Å². The van der Waals surface area contributed by atoms with Crippen LogP contribution in [0.15, 0.2) is 155 Å². The Morgan fingerprint density at radius 2 is 0.655 bits per heavy atom. The molecule has 6 aromatic carbocycles. The van der Waals surface area contributed by atoms with Crippen LogP contribution in [-0.4, -0.2) is 14.0 Å². The second-order valence-electron chi connectivity index (χ2n) is 17.5. The minimum absolute atomic E-state index is 0.104. The Kier molecular flexibility index (Phi) is 10.7. The molecule has 5 heteroatoms. The van der Waals surface area contributed by atoms with Crippen molar-refractivity contribution >= 4 is 9.84 Å². The minimum atomic E-state index is -3.69. The van der Waals surface area contributed by atoms with Gasteiger partial charge in [0.2, 0.25) is 9.84 Å². The number of hydrogen-bond donors (Lipinski definition) is 0. The fraction of sp³-hybridized carbons (Fsp3) is 0.280. The molecule has 0 bridgehead atoms. The monoisotopic (exact) mass is 750 g/mol. The van der Waals surface area contributed by atoms with Crippen LogP contribution in [0.2, 0.25) is 0 Å². The molecule has 0 heterocycles. The zero-order chi connectivity index (χ0) is 39.8. The van der Waals surface area contributed by atoms with E-state index in [0.717, 1.165) is 5.56 Å². The Balaban J connectivity index is 1.09. The molecule has 284 valence electrons. The molecule has 6 aromatic rings. The molecule has 0 aliphatic heterocycles. The second-order valence-corrected chi connectivity index (χ2v) is 19.5. The third kappa shape index (κ3) is 8.89. The molecule has 55 heavy (non-hydrogen) atoms. The Morgan fingerprint density at radius 3 is 1.00 bits per heavy atom. The fourth-order valence-electron chi connectivity index (χ4n) is 6.82. The summed E-state index contributed by atoms with van der Waals surface area (Å²) in [5.41, 5.74) is 8.14. The summed E-state index contributed by atoms with van der Waals surface area (Å²) >= 11 is 0. The molecule has 0 saturated carbocycles. The summed E-state index contributed by atoms with van der Waals surface area (Å²) < 4.78 is 38.5. The number of rotatable bonds is 10. The lowest BCUT2D eigenvalue weighted by Gasteiger charge is -2.28. The highest BCUT2D eigenvalue weighted by Crippen LogP contribution is 2.37. The third-order valence-electron chi connectivity index (χ3n) is 10.5. The van der Waals surface area contributed by atoms with Gasteiger partial charge >= 0.3 is 0 Å². The lowest BCUT2D eigenvalue weighted by atomic mass is 9.76. The first-order valence-electron chi connectivity index (χ1n) is 19.0. The number of sulfone groups is 1. The first-order valence-corrected chi connectivity index (χ1v) is 20.5. The van der Waals surface area contributed by atoms with Gasteiger partial charge in [0.25, 0.3) is 0 Å². The van der Waals surface area contributed by atoms with Gasteiger partial charge in [0.15, 0.2) is 0 Å². The van der Waals surface area contributed by atoms with Crippen LogP contribution in [0.25, 0.3) is 11.1 Å². The summed E-state index contributed by atoms with van der Waals surface area (Å²) in [6.45, 7) is 21.6. The van der Waals surface area contributed by atoms with Gasteiger partial charge in [-0.2, -0.15) is 0 Å². The maximum Gasteiger partial charge on any atom is 0.206 e. The first-order chi connectivity index (χ1) is 25.7. The SMILES string of the molecule is CC(C)(C)Oc1ccc(S(=O)(=O)c2ccc(Oc3ccc(C(C)(C)c4ccc(-c5ccc(C(C)(C)c6ccc(C(C)(C)C)cc6)cc5)cc4)cc3)cc2)cc1. The van der Waals surface area contributed by atoms with Crippen molar-refractivity contribution in [3.05, 3.63) is 173 Å². The predicted molar refractivity (Wildman–Crippen MR) is 227 cm³/mol. The number of hydrogen-bond acceptors (Lipinski definition) is 4. The summed E-state index contributed by atoms with van der Waals surface area (Å²) in [6, 6.07) is 48.1. The van der Waals surface area contributed by atoms with Crippen molar-refractivity contribution < 1.29 is 17.9 Å². The van der Waals surface area contributed by atoms with Gasteiger partial charge < -0.3 is 9.47 Å². The zero-order valence-corrected chi connectivity index (χ0v) is 34.7. The Hall–Kier alpha value is -5.13. The molecule has 0 atom stereocenters. The maximum atomic E-state index is 13.3. The van der Waals surface area contributed by atoms with Crippen molar-refractivity contribution in [1.29, 1.82) is 0 Å². The van der Waals surface area contributed by atoms with E-state index in [0.29, 0.717) is 17.2 Å². The molecule has 0 aliphatic rings. The van der Waals surface area contributed by atoms with Gasteiger partial charge in [0, 0.05) is 10.8 Å². The largest absolute Gasteiger partial charge is 0.488 e. The van der Waals surface area contributed by atoms with Gasteiger partial charge in [-0.3, -0.25) is 0 Å². The minimum Gasteiger partial charge on any atom is -0.488 e. The predicted octanol–water partition coefficient (Wildman–Crippen LogP) is 13.1. The second kappa shape index (κ2) is 14.8. The van der Waals surface area contributed by atoms with Gasteiger partial charge in [-0.25, -0.2) is 8.42 Å². The molecule has 0 saturated heterocycles. The molecule has 0 unspecified atom stereocenters. The van der Waals surface area contributed by atoms with Crippen molar-refractivity contribution in [3.63, 3.8) is 0 Å². The fourth-order valence-corrected chi connectivity index (χ4v) is 8.08. The van der Waals surface area contributed by atoms with E-state index >= 15 is 0 Å². The van der Waals surface area contributed by atoms with E-state index in [-0.39, 0.29) is 31.6 Å². The van der Waals surface area contributed by atoms with Crippen LogP contribution in [0.3, 0.4) is 0 Å². The topological polar surface area (TPSA) is 52.6 Å². The highest BCUT2D eigenvalue weighted by Gasteiger charge is 2.26. The highest BCUT2D eigenvalue weighted by molar-refractivity contribution is 7.91. The average molecular weight is 751 g/mol. The quantitative estimate of drug-likeness (QED) is 0.140. The molecule has 0 fully saturated rings. The average Bonchev–Trinajstić information content (AvgIpc) is 3.15. The van der Waals surface area contributed by atoms with Crippen LogP contribution in [0.4, 0.5) is 0 Å². The molecular formula is C50H54O4S. The normalized spacial score (nSPS) is 12.7. The van der Waals surface area contributed by atoms with Crippen molar-refractivity contribution in [2.24, 2.45) is 0 Å². The zero-order valence-electron chi connectivity index (χ0n) is 33.9. The standard InChI is InChI=1S/C50H54O4S/c1-47(2,3)37-19-21-40(22-20-37)49(7,8)38-15-11-35(12-16-38)36-13-17-39(18-14-36)50(9,10)41-23-25-42(26-24-41)53-43-27-31-45(32-28-43)55(51,52)46-33-29-44(30-34-46)54-48(4,5)6/h11-34H,1-10H3. The van der Waals surface area contributed by atoms with Crippen molar-refractivity contribution in [2.45, 2.75) is 101 Å². The molecule has 0 spiro atoms. The van der Waals surface area contributed by atoms with Gasteiger partial charge in [0.05, 0.1) is 9.79 Å². The molecule has 0 N–H and O–H groups in total. The van der Waals surface area contributed by atoms with Crippen LogP contribution >= 0.6 is 0 Å². The van der Waals surface area contributed by atoms with E-state index in [1.165, 1.54) is 33.4 Å². The lowest BCUT2D eigenvalue weighted by Crippen LogP contribution is -2.22. The number of ether oxygens (including phenoxy) is 2. The summed E-state index contributed by atoms with van der Waals surface area (Å²) in [6.07, 6.45) is 0. The summed E-state index contributed by atoms with van der Waals surface area (Å²) in [7, 11) is -3.69. The van der Waals surface area contributed by atoms with Gasteiger partial charge in [-0.05, 0) is 126 Å². The van der Waals surface area contributed by atoms with Gasteiger partial charge in [-0.1, -0.05) is 133 Å². The Labute approximate surface area is 329 Å². The van der Waals surface area contributed by atoms with Crippen molar-refractivity contribution in [1.82, 2.24) is 0 Å². The lowest BCUT2D eigenvalue weighted by molar-refractivity contribution is 0.131. The van der Waals surface area contributed by atoms with E-state index < -0.39 is 9.84 Å².